The molecule has 0 bridgehead atoms. The summed E-state index contributed by atoms with van der Waals surface area (Å²) in [6, 6.07) is 82.3. The molecule has 7 aromatic carbocycles. The summed E-state index contributed by atoms with van der Waals surface area (Å²) in [4.78, 5) is 52.9. The molecular weight excluding hydrogens is 1600 g/mol. The van der Waals surface area contributed by atoms with E-state index in [2.05, 4.69) is 212 Å². The number of thiazole rings is 2. The molecule has 1 amide bonds. The summed E-state index contributed by atoms with van der Waals surface area (Å²) in [7, 11) is 0. The van der Waals surface area contributed by atoms with Crippen LogP contribution in [0.3, 0.4) is 0 Å². The van der Waals surface area contributed by atoms with E-state index in [0.29, 0.717) is 23.8 Å². The number of halogens is 2. The van der Waals surface area contributed by atoms with Crippen LogP contribution >= 0.6 is 45.9 Å². The van der Waals surface area contributed by atoms with Gasteiger partial charge < -0.3 is 37.0 Å². The summed E-state index contributed by atoms with van der Waals surface area (Å²) in [6.45, 7) is 18.6. The van der Waals surface area contributed by atoms with Gasteiger partial charge in [0.25, 0.3) is 5.91 Å². The SMILES string of the molecule is Cc1ccc(-c2nc3ccc(-c4ccccc4)cn3c2CN2CCOCC2)cc1.Clc1ccc(-c2nc3ccc(Oc4ccccc4)cn3c2CN2CCOCC2)cc1.O=C(c1cscn1)N1CCN(Cc2c(-c3ccc(Cl)cc3)nc3ccc(-c4ccccc4)cn23)CC1.c1ccc(-c2ccc3nc(-c4nccs4)c(CN4CCOCC4)n3c2)cc1. The molecule has 0 saturated carbocycles. The van der Waals surface area contributed by atoms with Gasteiger partial charge in [0, 0.05) is 154 Å². The number of piperazine rings is 1. The Balaban J connectivity index is 0.000000112. The van der Waals surface area contributed by atoms with E-state index < -0.39 is 0 Å². The summed E-state index contributed by atoms with van der Waals surface area (Å²) < 4.78 is 31.5. The average molecular weight is 1690 g/mol. The van der Waals surface area contributed by atoms with Gasteiger partial charge in [-0.25, -0.2) is 29.9 Å². The predicted molar refractivity (Wildman–Crippen MR) is 487 cm³/mol. The van der Waals surface area contributed by atoms with Crippen LogP contribution in [0, 0.1) is 6.92 Å². The predicted octanol–water partition coefficient (Wildman–Crippen LogP) is 19.8. The second-order valence-corrected chi connectivity index (χ2v) is 33.0. The molecule has 17 aromatic rings. The molecule has 0 spiro atoms. The quantitative estimate of drug-likeness (QED) is 0.0796. The van der Waals surface area contributed by atoms with Gasteiger partial charge in [0.2, 0.25) is 0 Å². The lowest BCUT2D eigenvalue weighted by Gasteiger charge is -2.34. The molecule has 0 unspecified atom stereocenters. The zero-order valence-electron chi connectivity index (χ0n) is 67.7. The highest BCUT2D eigenvalue weighted by molar-refractivity contribution is 7.13. The van der Waals surface area contributed by atoms with E-state index in [1.54, 1.807) is 16.8 Å². The molecule has 122 heavy (non-hydrogen) atoms. The number of pyridine rings is 4. The topological polar surface area (TPSA) is 165 Å². The number of aromatic nitrogens is 10. The van der Waals surface area contributed by atoms with Gasteiger partial charge in [-0.05, 0) is 125 Å². The largest absolute Gasteiger partial charge is 0.456 e. The van der Waals surface area contributed by atoms with E-state index in [0.717, 1.165) is 213 Å². The van der Waals surface area contributed by atoms with Crippen molar-refractivity contribution in [2.75, 3.05) is 105 Å². The minimum atomic E-state index is 0.0139. The Labute approximate surface area is 726 Å². The van der Waals surface area contributed by atoms with Gasteiger partial charge >= 0.3 is 0 Å². The van der Waals surface area contributed by atoms with Crippen LogP contribution in [0.4, 0.5) is 0 Å². The minimum absolute atomic E-state index is 0.0139. The maximum Gasteiger partial charge on any atom is 0.273 e. The van der Waals surface area contributed by atoms with Crippen LogP contribution in [-0.2, 0) is 40.4 Å². The van der Waals surface area contributed by atoms with Gasteiger partial charge in [0.15, 0.2) is 0 Å². The first-order valence-corrected chi connectivity index (χ1v) is 43.9. The number of ether oxygens (including phenoxy) is 4. The number of para-hydroxylation sites is 1. The van der Waals surface area contributed by atoms with Crippen molar-refractivity contribution in [3.63, 3.8) is 0 Å². The monoisotopic (exact) mass is 1690 g/mol. The summed E-state index contributed by atoms with van der Waals surface area (Å²) in [6.07, 6.45) is 10.5. The summed E-state index contributed by atoms with van der Waals surface area (Å²) >= 11 is 15.4. The van der Waals surface area contributed by atoms with E-state index >= 15 is 0 Å². The number of carbonyl (C=O) groups excluding carboxylic acids is 1. The Morgan fingerprint density at radius 2 is 0.730 bits per heavy atom. The molecule has 10 aromatic heterocycles. The van der Waals surface area contributed by atoms with Crippen molar-refractivity contribution in [2.24, 2.45) is 0 Å². The zero-order chi connectivity index (χ0) is 82.5. The van der Waals surface area contributed by atoms with Gasteiger partial charge in [-0.1, -0.05) is 186 Å². The van der Waals surface area contributed by atoms with Crippen LogP contribution in [0.25, 0.3) is 100 Å². The molecule has 20 nitrogen and oxygen atoms in total. The first-order chi connectivity index (χ1) is 60.1. The highest BCUT2D eigenvalue weighted by atomic mass is 35.5. The lowest BCUT2D eigenvalue weighted by molar-refractivity contribution is 0.0335. The number of nitrogens with zero attached hydrogens (tertiary/aromatic N) is 15. The van der Waals surface area contributed by atoms with Crippen molar-refractivity contribution in [1.82, 2.24) is 72.0 Å². The standard InChI is InChI=1S/C28H24ClN5OS.C25H25N3O.C24H22ClN3O2.C21H20N4OS/c29-23-9-6-21(7-10-23)27-25(17-32-12-14-33(15-13-32)28(35)24-18-36-19-30-24)34-16-22(8-11-26(34)31-27)20-4-2-1-3-5-20;1-19-7-9-21(10-8-19)25-23(18-27-13-15-29-16-14-27)28-17-22(11-12-24(28)26-25)20-5-3-2-4-6-20;25-19-8-6-18(7-9-19)24-22(17-27-12-14-29-15-13-27)28-16-21(10-11-23(28)26-24)30-20-4-2-1-3-5-20;1-2-4-16(5-3-1)17-6-7-19-23-20(21-22-8-13-27-21)18(25(19)14-17)15-24-9-11-26-12-10-24/h1-11,16,18-19H,12-15,17H2;2-12,17H,13-16,18H2,1H3;1-11,16H,12-15,17H2;1-8,13-14H,9-12,15H2. The molecule has 0 N–H and O–H groups in total. The van der Waals surface area contributed by atoms with E-state index in [4.69, 9.17) is 62.1 Å². The van der Waals surface area contributed by atoms with Crippen LogP contribution in [-0.4, -0.2) is 183 Å². The van der Waals surface area contributed by atoms with E-state index in [-0.39, 0.29) is 5.91 Å². The molecule has 24 heteroatoms. The van der Waals surface area contributed by atoms with Crippen molar-refractivity contribution in [3.05, 3.63) is 334 Å². The van der Waals surface area contributed by atoms with Crippen LogP contribution < -0.4 is 4.74 Å². The fraction of sp³-hybridized carbons (Fsp3) is 0.214. The third kappa shape index (κ3) is 19.2. The lowest BCUT2D eigenvalue weighted by atomic mass is 10.1. The number of morpholine rings is 3. The van der Waals surface area contributed by atoms with Crippen molar-refractivity contribution in [2.45, 2.75) is 33.1 Å². The minimum Gasteiger partial charge on any atom is -0.456 e. The maximum absolute atomic E-state index is 12.7. The van der Waals surface area contributed by atoms with Crippen LogP contribution in [0.1, 0.15) is 38.8 Å². The molecule has 0 radical (unpaired) electrons. The molecule has 0 atom stereocenters. The number of benzene rings is 7. The lowest BCUT2D eigenvalue weighted by Crippen LogP contribution is -2.48. The number of hydrogen-bond donors (Lipinski definition) is 0. The van der Waals surface area contributed by atoms with Crippen molar-refractivity contribution in [1.29, 1.82) is 0 Å². The smallest absolute Gasteiger partial charge is 0.273 e. The molecule has 14 heterocycles. The maximum atomic E-state index is 12.7. The number of aryl methyl sites for hydroxylation is 1. The molecule has 614 valence electrons. The normalized spacial score (nSPS) is 14.9. The van der Waals surface area contributed by atoms with E-state index in [1.165, 1.54) is 61.7 Å². The summed E-state index contributed by atoms with van der Waals surface area (Å²) in [5, 5.41) is 6.22. The first-order valence-electron chi connectivity index (χ1n) is 41.3. The second kappa shape index (κ2) is 38.5. The molecular formula is C98H91Cl2N15O5S2. The van der Waals surface area contributed by atoms with Crippen molar-refractivity contribution in [3.8, 4) is 89.4 Å². The second-order valence-electron chi connectivity index (χ2n) is 30.5. The Hall–Kier alpha value is -11.9. The van der Waals surface area contributed by atoms with Crippen molar-refractivity contribution < 1.29 is 23.7 Å². The van der Waals surface area contributed by atoms with E-state index in [1.807, 2.05) is 131 Å². The molecule has 21 rings (SSSR count). The number of carbonyl (C=O) groups is 1. The highest BCUT2D eigenvalue weighted by Gasteiger charge is 2.28. The number of hydrogen-bond acceptors (Lipinski definition) is 17. The molecule has 4 aliphatic heterocycles. The molecule has 4 fully saturated rings. The molecule has 0 aliphatic carbocycles. The number of imidazole rings is 4. The highest BCUT2D eigenvalue weighted by Crippen LogP contribution is 2.36. The number of rotatable bonds is 18. The van der Waals surface area contributed by atoms with Crippen LogP contribution in [0.5, 0.6) is 11.5 Å². The van der Waals surface area contributed by atoms with E-state index in [9.17, 15) is 4.79 Å². The third-order valence-electron chi connectivity index (χ3n) is 22.5. The molecule has 4 aliphatic rings. The Kier molecular flexibility index (Phi) is 25.6. The molecule has 4 saturated heterocycles. The zero-order valence-corrected chi connectivity index (χ0v) is 70.8. The van der Waals surface area contributed by atoms with Gasteiger partial charge in [-0.15, -0.1) is 22.7 Å². The number of amides is 1. The van der Waals surface area contributed by atoms with Gasteiger partial charge in [0.05, 0.1) is 91.2 Å². The van der Waals surface area contributed by atoms with Gasteiger partial charge in [-0.2, -0.15) is 0 Å². The number of fused-ring (bicyclic) bond motifs is 4. The van der Waals surface area contributed by atoms with Crippen LogP contribution in [0.15, 0.2) is 290 Å². The Morgan fingerprint density at radius 1 is 0.369 bits per heavy atom. The summed E-state index contributed by atoms with van der Waals surface area (Å²) in [5.74, 6) is 1.60. The fourth-order valence-electron chi connectivity index (χ4n) is 15.9. The van der Waals surface area contributed by atoms with Crippen LogP contribution in [0.2, 0.25) is 10.0 Å². The fourth-order valence-corrected chi connectivity index (χ4v) is 17.3. The summed E-state index contributed by atoms with van der Waals surface area (Å²) in [5.41, 5.74) is 26.3. The first kappa shape index (κ1) is 81.2. The van der Waals surface area contributed by atoms with Gasteiger partial charge in [-0.3, -0.25) is 28.8 Å². The third-order valence-corrected chi connectivity index (χ3v) is 24.3. The van der Waals surface area contributed by atoms with Gasteiger partial charge in [0.1, 0.15) is 50.5 Å². The average Bonchev–Trinajstić information content (AvgIpc) is 1.64. The Morgan fingerprint density at radius 3 is 1.12 bits per heavy atom. The Bertz CT molecular complexity index is 6310. The van der Waals surface area contributed by atoms with Crippen molar-refractivity contribution >= 4 is 74.4 Å².